The summed E-state index contributed by atoms with van der Waals surface area (Å²) in [6.45, 7) is 1.21. The number of hydrogen-bond donors (Lipinski definition) is 1. The van der Waals surface area contributed by atoms with Gasteiger partial charge in [0.25, 0.3) is 0 Å². The fraction of sp³-hybridized carbons (Fsp3) is 0.273. The number of benzene rings is 2. The second-order valence-electron chi connectivity index (χ2n) is 7.84. The van der Waals surface area contributed by atoms with Gasteiger partial charge in [0.05, 0.1) is 23.8 Å². The van der Waals surface area contributed by atoms with Gasteiger partial charge in [0, 0.05) is 19.2 Å². The normalized spacial score (nSPS) is 13.6. The van der Waals surface area contributed by atoms with Gasteiger partial charge >= 0.3 is 5.69 Å². The number of hydrogen-bond acceptors (Lipinski definition) is 5. The van der Waals surface area contributed by atoms with E-state index >= 15 is 0 Å². The van der Waals surface area contributed by atoms with Crippen molar-refractivity contribution < 1.29 is 5.11 Å². The third kappa shape index (κ3) is 3.05. The summed E-state index contributed by atoms with van der Waals surface area (Å²) in [6, 6.07) is 13.9. The lowest BCUT2D eigenvalue weighted by Crippen LogP contribution is -2.22. The summed E-state index contributed by atoms with van der Waals surface area (Å²) in [4.78, 5) is 12.1. The molecule has 4 aromatic rings. The van der Waals surface area contributed by atoms with Gasteiger partial charge in [0.1, 0.15) is 11.6 Å². The third-order valence-electron chi connectivity index (χ3n) is 5.69. The maximum absolute atomic E-state index is 12.1. The first kappa shape index (κ1) is 18.2. The highest BCUT2D eigenvalue weighted by Crippen LogP contribution is 2.33. The third-order valence-corrected chi connectivity index (χ3v) is 5.69. The Balaban J connectivity index is 1.47. The first-order chi connectivity index (χ1) is 14.5. The van der Waals surface area contributed by atoms with Crippen LogP contribution in [-0.4, -0.2) is 29.2 Å². The van der Waals surface area contributed by atoms with E-state index in [1.165, 1.54) is 35.2 Å². The number of imidazole rings is 1. The zero-order chi connectivity index (χ0) is 20.8. The molecule has 1 N–H and O–H groups in total. The molecule has 2 aromatic heterocycles. The van der Waals surface area contributed by atoms with Crippen LogP contribution in [0.1, 0.15) is 24.0 Å². The molecule has 8 nitrogen and oxygen atoms in total. The first-order valence-corrected chi connectivity index (χ1v) is 9.86. The Morgan fingerprint density at radius 2 is 1.97 bits per heavy atom. The molecular weight excluding hydrogens is 380 g/mol. The average molecular weight is 400 g/mol. The maximum Gasteiger partial charge on any atom is 0.331 e. The molecule has 0 saturated heterocycles. The summed E-state index contributed by atoms with van der Waals surface area (Å²) in [5, 5.41) is 28.0. The summed E-state index contributed by atoms with van der Waals surface area (Å²) in [6.07, 6.45) is 3.88. The fourth-order valence-electron chi connectivity index (χ4n) is 3.74. The van der Waals surface area contributed by atoms with E-state index in [0.29, 0.717) is 23.5 Å². The van der Waals surface area contributed by atoms with Crippen LogP contribution in [0.4, 0.5) is 0 Å². The van der Waals surface area contributed by atoms with Crippen molar-refractivity contribution in [3.05, 3.63) is 64.2 Å². The van der Waals surface area contributed by atoms with Crippen molar-refractivity contribution in [2.75, 3.05) is 0 Å². The van der Waals surface area contributed by atoms with E-state index < -0.39 is 0 Å². The average Bonchev–Trinajstić information content (AvgIpc) is 3.44. The van der Waals surface area contributed by atoms with Crippen molar-refractivity contribution in [2.24, 2.45) is 13.0 Å². The Bertz CT molecular complexity index is 1350. The van der Waals surface area contributed by atoms with E-state index in [4.69, 9.17) is 0 Å². The lowest BCUT2D eigenvalue weighted by atomic mass is 9.98. The number of nitriles is 1. The molecule has 5 rings (SSSR count). The number of aromatic hydroxyl groups is 1. The van der Waals surface area contributed by atoms with Crippen LogP contribution < -0.4 is 5.69 Å². The fourth-order valence-corrected chi connectivity index (χ4v) is 3.74. The standard InChI is InChI=1S/C22H20N6O2/c1-26-20(29)13-27(22(26)30)11-14-4-6-16(7-5-14)17-8-9-19-21(18(17)10-23)24-25-28(19)12-15-2-3-15/h4-9,13,15,29H,2-3,11-12H2,1H3. The lowest BCUT2D eigenvalue weighted by Gasteiger charge is -2.08. The first-order valence-electron chi connectivity index (χ1n) is 9.86. The van der Waals surface area contributed by atoms with E-state index in [-0.39, 0.29) is 11.6 Å². The molecule has 1 aliphatic carbocycles. The molecule has 0 amide bonds. The second-order valence-corrected chi connectivity index (χ2v) is 7.84. The van der Waals surface area contributed by atoms with Crippen molar-refractivity contribution in [1.82, 2.24) is 24.1 Å². The Kier molecular flexibility index (Phi) is 4.17. The van der Waals surface area contributed by atoms with Crippen molar-refractivity contribution in [1.29, 1.82) is 5.26 Å². The van der Waals surface area contributed by atoms with E-state index in [2.05, 4.69) is 16.4 Å². The summed E-state index contributed by atoms with van der Waals surface area (Å²) >= 11 is 0. The van der Waals surface area contributed by atoms with Gasteiger partial charge in [0.15, 0.2) is 0 Å². The van der Waals surface area contributed by atoms with Crippen molar-refractivity contribution >= 4 is 11.0 Å². The molecule has 0 spiro atoms. The molecule has 0 atom stereocenters. The zero-order valence-electron chi connectivity index (χ0n) is 16.5. The van der Waals surface area contributed by atoms with Crippen LogP contribution in [0.15, 0.2) is 47.4 Å². The van der Waals surface area contributed by atoms with Crippen molar-refractivity contribution in [3.63, 3.8) is 0 Å². The van der Waals surface area contributed by atoms with Crippen LogP contribution in [-0.2, 0) is 20.1 Å². The topological polar surface area (TPSA) is 102 Å². The molecule has 30 heavy (non-hydrogen) atoms. The molecule has 1 saturated carbocycles. The van der Waals surface area contributed by atoms with Gasteiger partial charge in [-0.3, -0.25) is 9.13 Å². The Morgan fingerprint density at radius 1 is 1.20 bits per heavy atom. The minimum absolute atomic E-state index is 0.0710. The Labute approximate surface area is 172 Å². The predicted molar refractivity (Wildman–Crippen MR) is 111 cm³/mol. The van der Waals surface area contributed by atoms with Crippen LogP contribution in [0.25, 0.3) is 22.2 Å². The Morgan fingerprint density at radius 3 is 2.60 bits per heavy atom. The molecule has 8 heteroatoms. The summed E-state index contributed by atoms with van der Waals surface area (Å²) in [5.74, 6) is 0.602. The van der Waals surface area contributed by atoms with E-state index in [1.807, 2.05) is 41.1 Å². The van der Waals surface area contributed by atoms with Gasteiger partial charge in [-0.15, -0.1) is 5.10 Å². The SMILES string of the molecule is Cn1c(O)cn(Cc2ccc(-c3ccc4c(nnn4CC4CC4)c3C#N)cc2)c1=O. The van der Waals surface area contributed by atoms with Crippen LogP contribution in [0.5, 0.6) is 5.88 Å². The zero-order valence-corrected chi connectivity index (χ0v) is 16.5. The predicted octanol–water partition coefficient (Wildman–Crippen LogP) is 2.63. The van der Waals surface area contributed by atoms with Gasteiger partial charge in [0.2, 0.25) is 5.88 Å². The van der Waals surface area contributed by atoms with Crippen LogP contribution in [0.2, 0.25) is 0 Å². The monoisotopic (exact) mass is 400 g/mol. The van der Waals surface area contributed by atoms with Gasteiger partial charge < -0.3 is 5.11 Å². The largest absolute Gasteiger partial charge is 0.493 e. The summed E-state index contributed by atoms with van der Waals surface area (Å²) < 4.78 is 4.54. The lowest BCUT2D eigenvalue weighted by molar-refractivity contribution is 0.429. The van der Waals surface area contributed by atoms with Crippen LogP contribution >= 0.6 is 0 Å². The number of rotatable bonds is 5. The highest BCUT2D eigenvalue weighted by atomic mass is 16.3. The molecule has 150 valence electrons. The van der Waals surface area contributed by atoms with E-state index in [1.54, 1.807) is 0 Å². The minimum Gasteiger partial charge on any atom is -0.493 e. The van der Waals surface area contributed by atoms with Crippen molar-refractivity contribution in [2.45, 2.75) is 25.9 Å². The van der Waals surface area contributed by atoms with E-state index in [9.17, 15) is 15.2 Å². The molecule has 0 radical (unpaired) electrons. The van der Waals surface area contributed by atoms with Gasteiger partial charge in [-0.2, -0.15) is 5.26 Å². The quantitative estimate of drug-likeness (QED) is 0.555. The molecular formula is C22H20N6O2. The smallest absolute Gasteiger partial charge is 0.331 e. The molecule has 2 heterocycles. The highest BCUT2D eigenvalue weighted by Gasteiger charge is 2.24. The molecule has 0 unspecified atom stereocenters. The van der Waals surface area contributed by atoms with Gasteiger partial charge in [-0.1, -0.05) is 35.5 Å². The number of nitrogens with zero attached hydrogens (tertiary/aromatic N) is 6. The minimum atomic E-state index is -0.275. The molecule has 1 aliphatic rings. The second kappa shape index (κ2) is 6.88. The highest BCUT2D eigenvalue weighted by molar-refractivity contribution is 5.89. The summed E-state index contributed by atoms with van der Waals surface area (Å²) in [5.41, 5.74) is 4.39. The van der Waals surface area contributed by atoms with Gasteiger partial charge in [-0.05, 0) is 36.0 Å². The molecule has 1 fully saturated rings. The van der Waals surface area contributed by atoms with Gasteiger partial charge in [-0.25, -0.2) is 9.48 Å². The molecule has 0 aliphatic heterocycles. The van der Waals surface area contributed by atoms with E-state index in [0.717, 1.165) is 28.8 Å². The summed E-state index contributed by atoms with van der Waals surface area (Å²) in [7, 11) is 1.53. The molecule has 2 aromatic carbocycles. The number of fused-ring (bicyclic) bond motifs is 1. The van der Waals surface area contributed by atoms with Crippen LogP contribution in [0, 0.1) is 17.2 Å². The molecule has 0 bridgehead atoms. The number of aromatic nitrogens is 5. The van der Waals surface area contributed by atoms with Crippen molar-refractivity contribution in [3.8, 4) is 23.1 Å². The Hall–Kier alpha value is -3.86. The maximum atomic E-state index is 12.1. The van der Waals surface area contributed by atoms with Crippen LogP contribution in [0.3, 0.4) is 0 Å².